The Kier molecular flexibility index (Phi) is 1.10. The maximum atomic E-state index is 10.3. The summed E-state index contributed by atoms with van der Waals surface area (Å²) in [4.78, 5) is 10.3. The Morgan fingerprint density at radius 2 is 2.38 bits per heavy atom. The van der Waals surface area contributed by atoms with Gasteiger partial charge in [0.15, 0.2) is 0 Å². The van der Waals surface area contributed by atoms with E-state index in [-0.39, 0.29) is 0 Å². The SMILES string of the molecule is C=C1C=C1C(=O)OCl. The van der Waals surface area contributed by atoms with Crippen molar-refractivity contribution >= 4 is 17.8 Å². The minimum Gasteiger partial charge on any atom is -0.343 e. The molecule has 0 amide bonds. The monoisotopic (exact) mass is 130 g/mol. The summed E-state index contributed by atoms with van der Waals surface area (Å²) in [7, 11) is 0. The van der Waals surface area contributed by atoms with Gasteiger partial charge in [-0.1, -0.05) is 6.58 Å². The molecule has 8 heavy (non-hydrogen) atoms. The van der Waals surface area contributed by atoms with Crippen LogP contribution in [0.2, 0.25) is 0 Å². The van der Waals surface area contributed by atoms with Crippen molar-refractivity contribution in [3.05, 3.63) is 23.8 Å². The highest BCUT2D eigenvalue weighted by Crippen LogP contribution is 2.26. The van der Waals surface area contributed by atoms with Gasteiger partial charge in [0.2, 0.25) is 0 Å². The molecule has 1 aliphatic carbocycles. The van der Waals surface area contributed by atoms with Crippen LogP contribution in [0.4, 0.5) is 0 Å². The van der Waals surface area contributed by atoms with Gasteiger partial charge in [0.1, 0.15) is 11.9 Å². The normalized spacial score (nSPS) is 15.1. The molecule has 0 aromatic rings. The van der Waals surface area contributed by atoms with Crippen molar-refractivity contribution < 1.29 is 9.08 Å². The summed E-state index contributed by atoms with van der Waals surface area (Å²) in [6, 6.07) is 0. The molecule has 0 N–H and O–H groups in total. The van der Waals surface area contributed by atoms with Crippen molar-refractivity contribution in [2.24, 2.45) is 0 Å². The van der Waals surface area contributed by atoms with Gasteiger partial charge < -0.3 is 4.29 Å². The summed E-state index contributed by atoms with van der Waals surface area (Å²) in [5.41, 5.74) is 1.19. The zero-order valence-corrected chi connectivity index (χ0v) is 4.73. The molecule has 0 saturated heterocycles. The standard InChI is InChI=1S/C5H3ClO2/c1-3-2-4(3)5(7)8-6/h2H,1H2. The second-order valence-corrected chi connectivity index (χ2v) is 1.60. The highest BCUT2D eigenvalue weighted by molar-refractivity contribution is 6.18. The second-order valence-electron chi connectivity index (χ2n) is 1.45. The number of rotatable bonds is 1. The van der Waals surface area contributed by atoms with E-state index in [1.165, 1.54) is 0 Å². The van der Waals surface area contributed by atoms with E-state index in [0.29, 0.717) is 11.1 Å². The van der Waals surface area contributed by atoms with E-state index in [2.05, 4.69) is 10.9 Å². The molecular weight excluding hydrogens is 128 g/mol. The predicted molar refractivity (Wildman–Crippen MR) is 29.2 cm³/mol. The molecular formula is C5H3ClO2. The third kappa shape index (κ3) is 0.746. The van der Waals surface area contributed by atoms with Gasteiger partial charge in [-0.15, -0.1) is 0 Å². The van der Waals surface area contributed by atoms with Gasteiger partial charge in [0.25, 0.3) is 0 Å². The predicted octanol–water partition coefficient (Wildman–Crippen LogP) is 1.18. The fraction of sp³-hybridized carbons (Fsp3) is 0. The average molecular weight is 131 g/mol. The van der Waals surface area contributed by atoms with Gasteiger partial charge in [-0.25, -0.2) is 4.79 Å². The lowest BCUT2D eigenvalue weighted by molar-refractivity contribution is -0.129. The molecule has 0 aromatic heterocycles. The molecule has 0 aromatic carbocycles. The summed E-state index contributed by atoms with van der Waals surface area (Å²) >= 11 is 4.72. The van der Waals surface area contributed by atoms with Crippen molar-refractivity contribution in [2.45, 2.75) is 0 Å². The number of carbonyl (C=O) groups is 1. The molecule has 3 heteroatoms. The Morgan fingerprint density at radius 1 is 1.88 bits per heavy atom. The molecule has 2 nitrogen and oxygen atoms in total. The van der Waals surface area contributed by atoms with Gasteiger partial charge in [-0.05, 0) is 11.6 Å². The largest absolute Gasteiger partial charge is 0.356 e. The maximum Gasteiger partial charge on any atom is 0.356 e. The Labute approximate surface area is 51.6 Å². The van der Waals surface area contributed by atoms with Crippen molar-refractivity contribution in [3.8, 4) is 0 Å². The van der Waals surface area contributed by atoms with E-state index in [4.69, 9.17) is 11.9 Å². The van der Waals surface area contributed by atoms with Gasteiger partial charge >= 0.3 is 5.97 Å². The molecule has 0 saturated carbocycles. The molecule has 0 atom stereocenters. The van der Waals surface area contributed by atoms with E-state index in [0.717, 1.165) is 0 Å². The molecule has 0 aliphatic heterocycles. The van der Waals surface area contributed by atoms with Gasteiger partial charge in [0, 0.05) is 0 Å². The Morgan fingerprint density at radius 3 is 2.50 bits per heavy atom. The third-order valence-corrected chi connectivity index (χ3v) is 1.01. The number of carbonyl (C=O) groups excluding carboxylic acids is 1. The van der Waals surface area contributed by atoms with Crippen LogP contribution in [0.15, 0.2) is 23.8 Å². The molecule has 0 heterocycles. The van der Waals surface area contributed by atoms with E-state index in [1.54, 1.807) is 6.08 Å². The van der Waals surface area contributed by atoms with Crippen molar-refractivity contribution in [1.82, 2.24) is 0 Å². The summed E-state index contributed by atoms with van der Waals surface area (Å²) in [5, 5.41) is 0. The number of hydrogen-bond acceptors (Lipinski definition) is 2. The second kappa shape index (κ2) is 1.63. The van der Waals surface area contributed by atoms with Crippen LogP contribution < -0.4 is 0 Å². The first-order valence-corrected chi connectivity index (χ1v) is 2.30. The van der Waals surface area contributed by atoms with Crippen LogP contribution >= 0.6 is 11.9 Å². The highest BCUT2D eigenvalue weighted by Gasteiger charge is 2.23. The lowest BCUT2D eigenvalue weighted by Crippen LogP contribution is -1.91. The van der Waals surface area contributed by atoms with Crippen molar-refractivity contribution in [3.63, 3.8) is 0 Å². The summed E-state index contributed by atoms with van der Waals surface area (Å²) in [5.74, 6) is -0.517. The number of halogens is 1. The molecule has 42 valence electrons. The summed E-state index contributed by atoms with van der Waals surface area (Å²) < 4.78 is 3.85. The fourth-order valence-corrected chi connectivity index (χ4v) is 0.453. The van der Waals surface area contributed by atoms with E-state index in [1.807, 2.05) is 0 Å². The van der Waals surface area contributed by atoms with Crippen molar-refractivity contribution in [2.75, 3.05) is 0 Å². The third-order valence-electron chi connectivity index (χ3n) is 0.871. The molecule has 0 radical (unpaired) electrons. The topological polar surface area (TPSA) is 26.3 Å². The van der Waals surface area contributed by atoms with E-state index >= 15 is 0 Å². The first-order valence-electron chi connectivity index (χ1n) is 1.99. The van der Waals surface area contributed by atoms with Crippen LogP contribution in [0.3, 0.4) is 0 Å². The smallest absolute Gasteiger partial charge is 0.343 e. The molecule has 0 spiro atoms. The van der Waals surface area contributed by atoms with Crippen LogP contribution in [0.5, 0.6) is 0 Å². The summed E-state index contributed by atoms with van der Waals surface area (Å²) in [6.45, 7) is 3.47. The molecule has 1 aliphatic rings. The van der Waals surface area contributed by atoms with Crippen LogP contribution in [-0.2, 0) is 9.08 Å². The Balaban J connectivity index is 2.51. The van der Waals surface area contributed by atoms with Crippen molar-refractivity contribution in [1.29, 1.82) is 0 Å². The fourth-order valence-electron chi connectivity index (χ4n) is 0.370. The molecule has 0 bridgehead atoms. The quantitative estimate of drug-likeness (QED) is 0.533. The lowest BCUT2D eigenvalue weighted by Gasteiger charge is -1.82. The van der Waals surface area contributed by atoms with Crippen LogP contribution in [-0.4, -0.2) is 5.97 Å². The minimum atomic E-state index is -0.517. The Bertz CT molecular complexity index is 181. The van der Waals surface area contributed by atoms with Gasteiger partial charge in [-0.2, -0.15) is 0 Å². The van der Waals surface area contributed by atoms with E-state index < -0.39 is 5.97 Å². The highest BCUT2D eigenvalue weighted by atomic mass is 35.5. The first kappa shape index (κ1) is 5.38. The number of hydrogen-bond donors (Lipinski definition) is 0. The minimum absolute atomic E-state index is 0.486. The zero-order chi connectivity index (χ0) is 6.15. The maximum absolute atomic E-state index is 10.3. The van der Waals surface area contributed by atoms with Crippen LogP contribution in [0.1, 0.15) is 0 Å². The van der Waals surface area contributed by atoms with Gasteiger partial charge in [-0.3, -0.25) is 0 Å². The molecule has 1 rings (SSSR count). The average Bonchev–Trinajstić information content (AvgIpc) is 2.45. The van der Waals surface area contributed by atoms with Crippen LogP contribution in [0.25, 0.3) is 0 Å². The van der Waals surface area contributed by atoms with Crippen LogP contribution in [0, 0.1) is 0 Å². The molecule has 0 fully saturated rings. The first-order chi connectivity index (χ1) is 3.75. The molecule has 0 unspecified atom stereocenters. The Hall–Kier alpha value is -0.760. The van der Waals surface area contributed by atoms with E-state index in [9.17, 15) is 4.79 Å². The zero-order valence-electron chi connectivity index (χ0n) is 3.98. The lowest BCUT2D eigenvalue weighted by atomic mass is 10.4. The number of allylic oxidation sites excluding steroid dienone is 1. The summed E-state index contributed by atoms with van der Waals surface area (Å²) in [6.07, 6.45) is 1.60. The van der Waals surface area contributed by atoms with Gasteiger partial charge in [0.05, 0.1) is 5.57 Å².